The van der Waals surface area contributed by atoms with Gasteiger partial charge in [0.25, 0.3) is 15.8 Å². The summed E-state index contributed by atoms with van der Waals surface area (Å²) in [6.45, 7) is 3.02. The van der Waals surface area contributed by atoms with Crippen LogP contribution in [0.3, 0.4) is 0 Å². The van der Waals surface area contributed by atoms with Crippen LogP contribution in [0.25, 0.3) is 32.8 Å². The number of rotatable bonds is 20. The van der Waals surface area contributed by atoms with Gasteiger partial charge in [-0.05, 0) is 86.4 Å². The van der Waals surface area contributed by atoms with Gasteiger partial charge in [-0.1, -0.05) is 48.9 Å². The topological polar surface area (TPSA) is 193 Å². The second-order valence-corrected chi connectivity index (χ2v) is 18.1. The van der Waals surface area contributed by atoms with E-state index in [1.807, 2.05) is 25.1 Å². The minimum atomic E-state index is -4.51. The van der Waals surface area contributed by atoms with E-state index in [4.69, 9.17) is 30.4 Å². The van der Waals surface area contributed by atoms with Crippen molar-refractivity contribution in [1.82, 2.24) is 19.1 Å². The van der Waals surface area contributed by atoms with Crippen molar-refractivity contribution in [3.8, 4) is 16.9 Å². The van der Waals surface area contributed by atoms with Crippen LogP contribution in [0, 0.1) is 15.9 Å². The van der Waals surface area contributed by atoms with Crippen LogP contribution in [0.2, 0.25) is 5.02 Å². The molecule has 15 nitrogen and oxygen atoms in total. The molecule has 61 heavy (non-hydrogen) atoms. The molecule has 324 valence electrons. The molecule has 6 rings (SSSR count). The number of carbonyl (C=O) groups is 1. The lowest BCUT2D eigenvalue weighted by Crippen LogP contribution is -2.36. The van der Waals surface area contributed by atoms with Gasteiger partial charge < -0.3 is 14.5 Å². The molecular formula is C42H45ClFN5O10S2. The summed E-state index contributed by atoms with van der Waals surface area (Å²) in [4.78, 5) is 27.3. The third-order valence-electron chi connectivity index (χ3n) is 10.1. The number of halogens is 2. The molecule has 0 spiro atoms. The summed E-state index contributed by atoms with van der Waals surface area (Å²) in [5.41, 5.74) is 3.57. The molecule has 0 atom stereocenters. The average Bonchev–Trinajstić information content (AvgIpc) is 3.74. The molecule has 0 aliphatic carbocycles. The van der Waals surface area contributed by atoms with Crippen molar-refractivity contribution in [3.63, 3.8) is 0 Å². The molecule has 0 saturated heterocycles. The summed E-state index contributed by atoms with van der Waals surface area (Å²) < 4.78 is 84.4. The predicted octanol–water partition coefficient (Wildman–Crippen LogP) is 7.77. The number of nitrogens with zero attached hydrogens (tertiary/aromatic N) is 4. The average molecular weight is 898 g/mol. The molecular weight excluding hydrogens is 853 g/mol. The Morgan fingerprint density at radius 2 is 1.70 bits per heavy atom. The van der Waals surface area contributed by atoms with Gasteiger partial charge in [0.1, 0.15) is 17.3 Å². The number of fused-ring (bicyclic) bond motifs is 2. The van der Waals surface area contributed by atoms with Crippen LogP contribution in [-0.2, 0) is 55.4 Å². The van der Waals surface area contributed by atoms with E-state index < -0.39 is 54.8 Å². The molecule has 0 saturated carbocycles. The van der Waals surface area contributed by atoms with E-state index in [1.165, 1.54) is 24.3 Å². The zero-order chi connectivity index (χ0) is 44.1. The Bertz CT molecular complexity index is 2830. The van der Waals surface area contributed by atoms with Gasteiger partial charge >= 0.3 is 5.97 Å². The number of aryl methyl sites for hydroxylation is 3. The van der Waals surface area contributed by atoms with Gasteiger partial charge in [-0.3, -0.25) is 19.0 Å². The van der Waals surface area contributed by atoms with E-state index in [0.717, 1.165) is 39.2 Å². The number of sulfonamides is 1. The molecule has 0 bridgehead atoms. The molecule has 6 aromatic rings. The number of nitro benzene ring substituents is 1. The highest BCUT2D eigenvalue weighted by Crippen LogP contribution is 2.41. The van der Waals surface area contributed by atoms with Gasteiger partial charge in [0.2, 0.25) is 10.0 Å². The number of H-pyrrole nitrogens is 1. The van der Waals surface area contributed by atoms with Crippen molar-refractivity contribution in [2.75, 3.05) is 39.2 Å². The lowest BCUT2D eigenvalue weighted by atomic mass is 9.96. The van der Waals surface area contributed by atoms with Crippen molar-refractivity contribution in [1.29, 1.82) is 0 Å². The van der Waals surface area contributed by atoms with E-state index in [9.17, 15) is 36.1 Å². The van der Waals surface area contributed by atoms with Gasteiger partial charge in [0.05, 0.1) is 47.2 Å². The highest BCUT2D eigenvalue weighted by molar-refractivity contribution is 7.89. The highest BCUT2D eigenvalue weighted by Gasteiger charge is 2.32. The summed E-state index contributed by atoms with van der Waals surface area (Å²) in [5.74, 6) is -0.281. The number of carbonyl (C=O) groups excluding carboxylic acids is 1. The zero-order valence-corrected chi connectivity index (χ0v) is 36.3. The Kier molecular flexibility index (Phi) is 14.1. The number of ether oxygens (including phenoxy) is 2. The molecule has 0 aliphatic heterocycles. The van der Waals surface area contributed by atoms with Crippen LogP contribution in [0.1, 0.15) is 54.1 Å². The first-order chi connectivity index (χ1) is 29.0. The largest absolute Gasteiger partial charge is 0.493 e. The molecule has 0 fully saturated rings. The molecule has 0 unspecified atom stereocenters. The molecule has 4 aromatic carbocycles. The first kappa shape index (κ1) is 45.1. The molecule has 2 heterocycles. The van der Waals surface area contributed by atoms with Crippen LogP contribution >= 0.6 is 11.6 Å². The number of aromatic amines is 1. The minimum absolute atomic E-state index is 0.142. The van der Waals surface area contributed by atoms with Crippen LogP contribution < -0.4 is 4.74 Å². The first-order valence-electron chi connectivity index (χ1n) is 19.5. The van der Waals surface area contributed by atoms with Crippen molar-refractivity contribution < 1.29 is 44.6 Å². The Labute approximate surface area is 357 Å². The Morgan fingerprint density at radius 1 is 0.951 bits per heavy atom. The second kappa shape index (κ2) is 19.1. The van der Waals surface area contributed by atoms with Crippen molar-refractivity contribution in [2.24, 2.45) is 7.05 Å². The Hall–Kier alpha value is -5.40. The number of aromatic nitrogens is 3. The van der Waals surface area contributed by atoms with E-state index in [1.54, 1.807) is 36.9 Å². The van der Waals surface area contributed by atoms with E-state index >= 15 is 0 Å². The number of hydrogen-bond donors (Lipinski definition) is 1. The molecule has 1 N–H and O–H groups in total. The third kappa shape index (κ3) is 10.1. The minimum Gasteiger partial charge on any atom is -0.493 e. The van der Waals surface area contributed by atoms with E-state index in [-0.39, 0.29) is 37.5 Å². The Morgan fingerprint density at radius 3 is 2.43 bits per heavy atom. The summed E-state index contributed by atoms with van der Waals surface area (Å²) in [7, 11) is -6.64. The molecule has 0 amide bonds. The molecule has 19 heteroatoms. The fourth-order valence-corrected chi connectivity index (χ4v) is 9.73. The Balaban J connectivity index is 1.32. The van der Waals surface area contributed by atoms with Gasteiger partial charge in [-0.15, -0.1) is 0 Å². The number of esters is 1. The fourth-order valence-electron chi connectivity index (χ4n) is 7.48. The maximum Gasteiger partial charge on any atom is 0.355 e. The van der Waals surface area contributed by atoms with Crippen molar-refractivity contribution in [3.05, 3.63) is 116 Å². The van der Waals surface area contributed by atoms with E-state index in [2.05, 4.69) is 4.98 Å². The van der Waals surface area contributed by atoms with Gasteiger partial charge in [-0.25, -0.2) is 17.6 Å². The normalized spacial score (nSPS) is 12.1. The standard InChI is InChI=1S/C42H45ClFN5O10S2/c1-5-34-39(33(46-47(34)3)14-10-22-48(23-25-59-60(4,53)54)61(55,56)37-17-8-7-15-35(37)49(51)52)38-32(43)21-20-31-30(41(45-40(31)38)42(50)57-6-2)13-11-24-58-36-16-9-12-27-26-28(44)18-19-29(27)36/h7-9,12,15-21,26,45H,5-6,10-11,13-14,22-25H2,1-4H3. The number of para-hydroxylation sites is 1. The molecule has 0 aliphatic rings. The van der Waals surface area contributed by atoms with E-state index in [0.29, 0.717) is 69.9 Å². The molecule has 2 aromatic heterocycles. The van der Waals surface area contributed by atoms with Crippen molar-refractivity contribution >= 4 is 65.1 Å². The molecule has 0 radical (unpaired) electrons. The van der Waals surface area contributed by atoms with Crippen LogP contribution in [0.15, 0.2) is 77.7 Å². The van der Waals surface area contributed by atoms with Gasteiger partial charge in [0.15, 0.2) is 4.90 Å². The summed E-state index contributed by atoms with van der Waals surface area (Å²) in [5, 5.41) is 19.2. The van der Waals surface area contributed by atoms with Gasteiger partial charge in [0, 0.05) is 53.8 Å². The number of nitro groups is 1. The number of benzene rings is 4. The van der Waals surface area contributed by atoms with Gasteiger partial charge in [-0.2, -0.15) is 17.8 Å². The number of nitrogens with one attached hydrogen (secondary N) is 1. The number of hydrogen-bond acceptors (Lipinski definition) is 11. The summed E-state index contributed by atoms with van der Waals surface area (Å²) >= 11 is 7.03. The lowest BCUT2D eigenvalue weighted by molar-refractivity contribution is -0.387. The SMILES string of the molecule is CCOC(=O)c1[nH]c2c(-c3c(CCCN(CCOS(C)(=O)=O)S(=O)(=O)c4ccccc4[N+](=O)[O-])nn(C)c3CC)c(Cl)ccc2c1CCCOc1cccc2cc(F)ccc12. The smallest absolute Gasteiger partial charge is 0.355 e. The monoisotopic (exact) mass is 897 g/mol. The zero-order valence-electron chi connectivity index (χ0n) is 33.9. The van der Waals surface area contributed by atoms with Crippen LogP contribution in [0.5, 0.6) is 5.75 Å². The first-order valence-corrected chi connectivity index (χ1v) is 23.1. The maximum atomic E-state index is 13.9. The quantitative estimate of drug-likeness (QED) is 0.0259. The van der Waals surface area contributed by atoms with Crippen LogP contribution in [-0.4, -0.2) is 86.0 Å². The maximum absolute atomic E-state index is 13.9. The predicted molar refractivity (Wildman–Crippen MR) is 230 cm³/mol. The lowest BCUT2D eigenvalue weighted by Gasteiger charge is -2.22. The van der Waals surface area contributed by atoms with Crippen LogP contribution in [0.4, 0.5) is 10.1 Å². The fraction of sp³-hybridized carbons (Fsp3) is 0.333. The summed E-state index contributed by atoms with van der Waals surface area (Å²) in [6.07, 6.45) is 2.67. The third-order valence-corrected chi connectivity index (χ3v) is 13.0. The highest BCUT2D eigenvalue weighted by atomic mass is 35.5. The van der Waals surface area contributed by atoms with Crippen molar-refractivity contribution in [2.45, 2.75) is 50.8 Å². The second-order valence-electron chi connectivity index (χ2n) is 14.1. The summed E-state index contributed by atoms with van der Waals surface area (Å²) in [6, 6.07) is 18.4.